The van der Waals surface area contributed by atoms with E-state index in [0.29, 0.717) is 0 Å². The van der Waals surface area contributed by atoms with Gasteiger partial charge in [0, 0.05) is 0 Å². The molecule has 2 aromatic carbocycles. The zero-order valence-corrected chi connectivity index (χ0v) is 16.2. The number of aryl methyl sites for hydroxylation is 3. The van der Waals surface area contributed by atoms with Crippen LogP contribution in [-0.2, 0) is 31.1 Å². The minimum atomic E-state index is 0. The van der Waals surface area contributed by atoms with Crippen molar-refractivity contribution in [2.24, 2.45) is 0 Å². The molecule has 0 N–H and O–H groups in total. The molecule has 0 radical (unpaired) electrons. The van der Waals surface area contributed by atoms with Crippen LogP contribution in [0.25, 0.3) is 11.1 Å². The SMILES string of the molecule is Cc1cc2c(cc1C)-c1cc(C)c(C)[c]([Zr+2])c1C2.[Cl-].[Cl-]. The van der Waals surface area contributed by atoms with Crippen molar-refractivity contribution >= 4 is 3.27 Å². The Kier molecular flexibility index (Phi) is 5.70. The Labute approximate surface area is 149 Å². The summed E-state index contributed by atoms with van der Waals surface area (Å²) < 4.78 is 1.57. The van der Waals surface area contributed by atoms with Crippen LogP contribution in [0, 0.1) is 27.7 Å². The predicted molar refractivity (Wildman–Crippen MR) is 73.3 cm³/mol. The molecular formula is C17H17Cl2Zr. The van der Waals surface area contributed by atoms with Crippen LogP contribution in [-0.4, -0.2) is 0 Å². The summed E-state index contributed by atoms with van der Waals surface area (Å²) >= 11 is 1.55. The molecule has 3 rings (SSSR count). The molecule has 3 heteroatoms. The second-order valence-corrected chi connectivity index (χ2v) is 6.72. The van der Waals surface area contributed by atoms with E-state index in [2.05, 4.69) is 45.9 Å². The summed E-state index contributed by atoms with van der Waals surface area (Å²) in [5.74, 6) is 0. The third-order valence-electron chi connectivity index (χ3n) is 4.33. The zero-order valence-electron chi connectivity index (χ0n) is 12.2. The molecule has 0 nitrogen and oxygen atoms in total. The molecule has 2 aromatic rings. The third-order valence-corrected chi connectivity index (χ3v) is 5.99. The van der Waals surface area contributed by atoms with Gasteiger partial charge in [-0.1, -0.05) is 0 Å². The zero-order chi connectivity index (χ0) is 13.0. The van der Waals surface area contributed by atoms with Gasteiger partial charge in [0.25, 0.3) is 0 Å². The fourth-order valence-corrected chi connectivity index (χ4v) is 3.89. The first-order valence-corrected chi connectivity index (χ1v) is 7.67. The van der Waals surface area contributed by atoms with Crippen LogP contribution in [0.5, 0.6) is 0 Å². The maximum Gasteiger partial charge on any atom is -1.00 e. The average molecular weight is 383 g/mol. The Morgan fingerprint density at radius 2 is 1.35 bits per heavy atom. The van der Waals surface area contributed by atoms with Gasteiger partial charge in [-0.05, 0) is 0 Å². The molecule has 0 heterocycles. The van der Waals surface area contributed by atoms with Crippen LogP contribution in [0.4, 0.5) is 0 Å². The number of benzene rings is 2. The molecule has 0 spiro atoms. The molecule has 1 aliphatic carbocycles. The largest absolute Gasteiger partial charge is 1.00 e. The summed E-state index contributed by atoms with van der Waals surface area (Å²) in [6.07, 6.45) is 1.13. The topological polar surface area (TPSA) is 0 Å². The van der Waals surface area contributed by atoms with Gasteiger partial charge in [0.1, 0.15) is 0 Å². The van der Waals surface area contributed by atoms with Crippen molar-refractivity contribution < 1.29 is 49.5 Å². The fraction of sp³-hybridized carbons (Fsp3) is 0.294. The molecule has 0 aliphatic heterocycles. The Morgan fingerprint density at radius 1 is 0.800 bits per heavy atom. The van der Waals surface area contributed by atoms with Crippen molar-refractivity contribution in [3.63, 3.8) is 0 Å². The van der Waals surface area contributed by atoms with E-state index in [0.717, 1.165) is 6.42 Å². The van der Waals surface area contributed by atoms with Crippen molar-refractivity contribution in [1.82, 2.24) is 0 Å². The first kappa shape index (κ1) is 18.0. The Hall–Kier alpha value is -0.0969. The number of fused-ring (bicyclic) bond motifs is 3. The van der Waals surface area contributed by atoms with Crippen LogP contribution < -0.4 is 28.1 Å². The van der Waals surface area contributed by atoms with Crippen molar-refractivity contribution in [3.05, 3.63) is 51.6 Å². The molecule has 0 bridgehead atoms. The minimum absolute atomic E-state index is 0. The summed E-state index contributed by atoms with van der Waals surface area (Å²) in [5.41, 5.74) is 11.8. The van der Waals surface area contributed by atoms with Crippen molar-refractivity contribution in [2.75, 3.05) is 0 Å². The van der Waals surface area contributed by atoms with Gasteiger partial charge < -0.3 is 24.8 Å². The number of halogens is 2. The molecular weight excluding hydrogens is 366 g/mol. The van der Waals surface area contributed by atoms with E-state index in [4.69, 9.17) is 0 Å². The molecule has 0 fully saturated rings. The van der Waals surface area contributed by atoms with Crippen molar-refractivity contribution in [2.45, 2.75) is 34.1 Å². The average Bonchev–Trinajstić information content (AvgIpc) is 2.66. The van der Waals surface area contributed by atoms with Crippen LogP contribution in [0.2, 0.25) is 0 Å². The third kappa shape index (κ3) is 2.65. The number of hydrogen-bond donors (Lipinski definition) is 0. The molecule has 0 saturated carbocycles. The Morgan fingerprint density at radius 3 is 2.00 bits per heavy atom. The van der Waals surface area contributed by atoms with Gasteiger partial charge in [-0.15, -0.1) is 0 Å². The van der Waals surface area contributed by atoms with Gasteiger partial charge >= 0.3 is 125 Å². The molecule has 20 heavy (non-hydrogen) atoms. The van der Waals surface area contributed by atoms with E-state index < -0.39 is 0 Å². The van der Waals surface area contributed by atoms with Gasteiger partial charge in [0.2, 0.25) is 0 Å². The smallest absolute Gasteiger partial charge is 1.00 e. The number of hydrogen-bond acceptors (Lipinski definition) is 0. The van der Waals surface area contributed by atoms with E-state index in [9.17, 15) is 0 Å². The number of rotatable bonds is 0. The quantitative estimate of drug-likeness (QED) is 0.409. The van der Waals surface area contributed by atoms with E-state index in [-0.39, 0.29) is 24.8 Å². The Balaban J connectivity index is 0.000001000. The first-order valence-electron chi connectivity index (χ1n) is 6.44. The normalized spacial score (nSPS) is 11.3. The molecule has 0 amide bonds. The second-order valence-electron chi connectivity index (χ2n) is 5.49. The molecule has 0 aromatic heterocycles. The minimum Gasteiger partial charge on any atom is -1.00 e. The molecule has 0 saturated heterocycles. The molecule has 1 aliphatic rings. The predicted octanol–water partition coefficient (Wildman–Crippen LogP) is -2.33. The van der Waals surface area contributed by atoms with E-state index in [1.54, 1.807) is 33.6 Å². The van der Waals surface area contributed by atoms with Gasteiger partial charge in [-0.25, -0.2) is 0 Å². The summed E-state index contributed by atoms with van der Waals surface area (Å²) in [6.45, 7) is 8.93. The van der Waals surface area contributed by atoms with Gasteiger partial charge in [-0.2, -0.15) is 0 Å². The first-order chi connectivity index (χ1) is 8.49. The van der Waals surface area contributed by atoms with Crippen LogP contribution in [0.3, 0.4) is 0 Å². The monoisotopic (exact) mass is 381 g/mol. The van der Waals surface area contributed by atoms with E-state index >= 15 is 0 Å². The maximum absolute atomic E-state index is 2.39. The summed E-state index contributed by atoms with van der Waals surface area (Å²) in [4.78, 5) is 0. The van der Waals surface area contributed by atoms with Crippen LogP contribution in [0.1, 0.15) is 33.4 Å². The second kappa shape index (κ2) is 6.34. The van der Waals surface area contributed by atoms with E-state index in [1.165, 1.54) is 38.9 Å². The summed E-state index contributed by atoms with van der Waals surface area (Å²) in [7, 11) is 0. The molecule has 103 valence electrons. The fourth-order valence-electron chi connectivity index (χ4n) is 2.86. The standard InChI is InChI=1S/C17H17.2ClH.Zr/c1-10-5-14-9-15-6-11(2)13(4)8-17(15)16(14)7-12(10)3;;;/h5,7-8H,9H2,1-4H3;2*1H;/q;;;+2/p-2. The van der Waals surface area contributed by atoms with Gasteiger partial charge in [0.05, 0.1) is 0 Å². The Bertz CT molecular complexity index is 675. The molecule has 0 atom stereocenters. The van der Waals surface area contributed by atoms with Gasteiger partial charge in [-0.3, -0.25) is 0 Å². The van der Waals surface area contributed by atoms with Crippen molar-refractivity contribution in [3.8, 4) is 11.1 Å². The van der Waals surface area contributed by atoms with Gasteiger partial charge in [0.15, 0.2) is 0 Å². The van der Waals surface area contributed by atoms with Crippen LogP contribution in [0.15, 0.2) is 18.2 Å². The molecule has 0 unspecified atom stereocenters. The van der Waals surface area contributed by atoms with E-state index in [1.807, 2.05) is 0 Å². The maximum atomic E-state index is 2.39. The van der Waals surface area contributed by atoms with Crippen LogP contribution >= 0.6 is 0 Å². The van der Waals surface area contributed by atoms with Crippen molar-refractivity contribution in [1.29, 1.82) is 0 Å². The summed E-state index contributed by atoms with van der Waals surface area (Å²) in [5, 5.41) is 0. The summed E-state index contributed by atoms with van der Waals surface area (Å²) in [6, 6.07) is 7.14.